The molecule has 212 valence electrons. The highest BCUT2D eigenvalue weighted by molar-refractivity contribution is 6.36. The molecule has 0 spiro atoms. The number of piperazine rings is 1. The molecule has 4 aromatic rings. The summed E-state index contributed by atoms with van der Waals surface area (Å²) < 4.78 is 29.3. The van der Waals surface area contributed by atoms with Crippen molar-refractivity contribution in [2.24, 2.45) is 0 Å². The van der Waals surface area contributed by atoms with E-state index in [1.54, 1.807) is 18.2 Å². The lowest BCUT2D eigenvalue weighted by Gasteiger charge is -2.35. The second-order valence-electron chi connectivity index (χ2n) is 11.5. The highest BCUT2D eigenvalue weighted by atomic mass is 35.5. The Kier molecular flexibility index (Phi) is 5.88. The van der Waals surface area contributed by atoms with Gasteiger partial charge in [0.2, 0.25) is 5.88 Å². The molecule has 0 saturated carbocycles. The van der Waals surface area contributed by atoms with Gasteiger partial charge in [0.05, 0.1) is 11.6 Å². The smallest absolute Gasteiger partial charge is 0.319 e. The van der Waals surface area contributed by atoms with Crippen LogP contribution < -0.4 is 19.7 Å². The molecule has 0 amide bonds. The number of nitrogens with zero attached hydrogens (tertiary/aromatic N) is 5. The van der Waals surface area contributed by atoms with Crippen molar-refractivity contribution < 1.29 is 19.0 Å². The topological polar surface area (TPSA) is 95.9 Å². The van der Waals surface area contributed by atoms with Crippen LogP contribution in [0.4, 0.5) is 10.2 Å². The van der Waals surface area contributed by atoms with E-state index in [1.807, 2.05) is 6.07 Å². The zero-order chi connectivity index (χ0) is 27.7. The first-order chi connectivity index (χ1) is 20.0. The molecule has 2 N–H and O–H groups in total. The zero-order valence-electron chi connectivity index (χ0n) is 22.5. The number of aromatic nitrogens is 3. The van der Waals surface area contributed by atoms with Gasteiger partial charge in [-0.05, 0) is 62.4 Å². The Labute approximate surface area is 241 Å². The van der Waals surface area contributed by atoms with E-state index in [2.05, 4.69) is 20.1 Å². The number of ether oxygens (including phenoxy) is 2. The van der Waals surface area contributed by atoms with Crippen LogP contribution in [0.25, 0.3) is 32.9 Å². The average molecular weight is 577 g/mol. The summed E-state index contributed by atoms with van der Waals surface area (Å²) in [6.07, 6.45) is 4.47. The van der Waals surface area contributed by atoms with Crippen molar-refractivity contribution >= 4 is 39.1 Å². The number of pyridine rings is 1. The van der Waals surface area contributed by atoms with Gasteiger partial charge in [-0.15, -0.1) is 0 Å². The number of benzene rings is 2. The molecule has 9 nitrogen and oxygen atoms in total. The van der Waals surface area contributed by atoms with Crippen molar-refractivity contribution in [1.29, 1.82) is 0 Å². The van der Waals surface area contributed by atoms with Crippen LogP contribution in [0, 0.1) is 5.82 Å². The minimum atomic E-state index is -0.636. The van der Waals surface area contributed by atoms with Crippen LogP contribution in [0.2, 0.25) is 5.02 Å². The summed E-state index contributed by atoms with van der Waals surface area (Å²) in [5.74, 6) is 0.179. The summed E-state index contributed by atoms with van der Waals surface area (Å²) in [5.41, 5.74) is 0.450. The highest BCUT2D eigenvalue weighted by Gasteiger charge is 2.45. The minimum Gasteiger partial charge on any atom is -0.508 e. The number of phenolic OH excluding ortho intramolecular Hbond substituents is 1. The summed E-state index contributed by atoms with van der Waals surface area (Å²) in [7, 11) is 0. The van der Waals surface area contributed by atoms with Crippen molar-refractivity contribution in [3.63, 3.8) is 0 Å². The van der Waals surface area contributed by atoms with Crippen molar-refractivity contribution in [2.75, 3.05) is 50.8 Å². The molecule has 0 radical (unpaired) electrons. The molecule has 3 fully saturated rings. The molecule has 2 aromatic carbocycles. The van der Waals surface area contributed by atoms with Crippen LogP contribution in [0.15, 0.2) is 30.3 Å². The van der Waals surface area contributed by atoms with E-state index in [4.69, 9.17) is 31.0 Å². The number of hydrogen-bond donors (Lipinski definition) is 2. The van der Waals surface area contributed by atoms with Gasteiger partial charge in [-0.25, -0.2) is 9.37 Å². The number of anilines is 1. The van der Waals surface area contributed by atoms with Crippen LogP contribution >= 0.6 is 11.6 Å². The summed E-state index contributed by atoms with van der Waals surface area (Å²) >= 11 is 6.60. The Morgan fingerprint density at radius 2 is 1.98 bits per heavy atom. The van der Waals surface area contributed by atoms with Crippen molar-refractivity contribution in [1.82, 2.24) is 25.2 Å². The van der Waals surface area contributed by atoms with Gasteiger partial charge in [-0.3, -0.25) is 4.90 Å². The van der Waals surface area contributed by atoms with Crippen LogP contribution in [0.5, 0.6) is 17.6 Å². The van der Waals surface area contributed by atoms with Crippen LogP contribution in [-0.4, -0.2) is 82.5 Å². The maximum atomic E-state index is 16.7. The third kappa shape index (κ3) is 3.99. The maximum absolute atomic E-state index is 16.7. The Hall–Kier alpha value is -3.47. The third-order valence-electron chi connectivity index (χ3n) is 9.19. The lowest BCUT2D eigenvalue weighted by atomic mass is 9.95. The molecule has 4 aliphatic rings. The van der Waals surface area contributed by atoms with Gasteiger partial charge in [-0.2, -0.15) is 9.97 Å². The standard InChI is InChI=1S/C30H30ClFN6O3/c31-21-5-1-4-17-12-19(39)13-20(22(17)21)25-24(32)26-23-27(38-11-8-33-14-18(38)15-40-28(23)34-25)36-29(35-26)41-16-30-6-2-9-37(30)10-3-7-30/h1,4-5,12-13,18,33,39H,2-3,6-11,14-16H2/t18-/m0/s1. The largest absolute Gasteiger partial charge is 0.508 e. The van der Waals surface area contributed by atoms with E-state index in [0.717, 1.165) is 45.3 Å². The second kappa shape index (κ2) is 9.54. The normalized spacial score (nSPS) is 21.5. The van der Waals surface area contributed by atoms with E-state index in [1.165, 1.54) is 6.07 Å². The number of nitrogens with one attached hydrogen (secondary N) is 1. The number of hydrogen-bond acceptors (Lipinski definition) is 9. The van der Waals surface area contributed by atoms with Crippen molar-refractivity contribution in [2.45, 2.75) is 37.3 Å². The maximum Gasteiger partial charge on any atom is 0.319 e. The molecule has 1 atom stereocenters. The lowest BCUT2D eigenvalue weighted by Crippen LogP contribution is -2.53. The third-order valence-corrected chi connectivity index (χ3v) is 9.51. The van der Waals surface area contributed by atoms with E-state index in [0.29, 0.717) is 58.9 Å². The van der Waals surface area contributed by atoms with Crippen LogP contribution in [0.1, 0.15) is 25.7 Å². The van der Waals surface area contributed by atoms with Gasteiger partial charge in [0.15, 0.2) is 5.82 Å². The van der Waals surface area contributed by atoms with E-state index >= 15 is 4.39 Å². The van der Waals surface area contributed by atoms with Gasteiger partial charge in [0, 0.05) is 35.6 Å². The molecule has 11 heteroatoms. The molecule has 41 heavy (non-hydrogen) atoms. The molecular weight excluding hydrogens is 547 g/mol. The first kappa shape index (κ1) is 25.3. The van der Waals surface area contributed by atoms with Crippen molar-refractivity contribution in [3.8, 4) is 28.9 Å². The molecular formula is C30H30ClFN6O3. The quantitative estimate of drug-likeness (QED) is 0.363. The Bertz CT molecular complexity index is 1690. The average Bonchev–Trinajstić information content (AvgIpc) is 3.51. The Morgan fingerprint density at radius 3 is 2.83 bits per heavy atom. The Balaban J connectivity index is 1.32. The SMILES string of the molecule is Oc1cc(-c2nc3c4c(nc(OCC56CCCN5CCC6)nc4c2F)N2CCNC[C@H]2CO3)c2c(Cl)cccc2c1. The second-order valence-corrected chi connectivity index (χ2v) is 11.9. The molecule has 4 aliphatic heterocycles. The fraction of sp³-hybridized carbons (Fsp3) is 0.433. The fourth-order valence-corrected chi connectivity index (χ4v) is 7.52. The highest BCUT2D eigenvalue weighted by Crippen LogP contribution is 2.44. The van der Waals surface area contributed by atoms with Gasteiger partial charge in [-0.1, -0.05) is 23.7 Å². The van der Waals surface area contributed by atoms with Crippen LogP contribution in [0.3, 0.4) is 0 Å². The van der Waals surface area contributed by atoms with Gasteiger partial charge < -0.3 is 24.8 Å². The summed E-state index contributed by atoms with van der Waals surface area (Å²) in [6.45, 7) is 5.15. The van der Waals surface area contributed by atoms with Gasteiger partial charge >= 0.3 is 6.01 Å². The first-order valence-electron chi connectivity index (χ1n) is 14.3. The predicted octanol–water partition coefficient (Wildman–Crippen LogP) is 4.52. The molecule has 6 heterocycles. The first-order valence-corrected chi connectivity index (χ1v) is 14.7. The van der Waals surface area contributed by atoms with Crippen molar-refractivity contribution in [3.05, 3.63) is 41.2 Å². The number of phenols is 1. The number of aromatic hydroxyl groups is 1. The fourth-order valence-electron chi connectivity index (χ4n) is 7.24. The molecule has 0 aliphatic carbocycles. The summed E-state index contributed by atoms with van der Waals surface area (Å²) in [5, 5.41) is 16.1. The monoisotopic (exact) mass is 576 g/mol. The molecule has 2 aromatic heterocycles. The molecule has 0 bridgehead atoms. The lowest BCUT2D eigenvalue weighted by molar-refractivity contribution is 0.108. The molecule has 0 unspecified atom stereocenters. The van der Waals surface area contributed by atoms with Crippen LogP contribution in [-0.2, 0) is 0 Å². The predicted molar refractivity (Wildman–Crippen MR) is 155 cm³/mol. The summed E-state index contributed by atoms with van der Waals surface area (Å²) in [6, 6.07) is 8.57. The van der Waals surface area contributed by atoms with E-state index in [9.17, 15) is 5.11 Å². The summed E-state index contributed by atoms with van der Waals surface area (Å²) in [4.78, 5) is 18.9. The Morgan fingerprint density at radius 1 is 1.12 bits per heavy atom. The number of halogens is 2. The number of fused-ring (bicyclic) bond motifs is 4. The minimum absolute atomic E-state index is 0.00251. The van der Waals surface area contributed by atoms with E-state index in [-0.39, 0.29) is 40.4 Å². The van der Waals surface area contributed by atoms with Gasteiger partial charge in [0.25, 0.3) is 0 Å². The van der Waals surface area contributed by atoms with E-state index < -0.39 is 5.82 Å². The van der Waals surface area contributed by atoms with Gasteiger partial charge in [0.1, 0.15) is 41.4 Å². The number of rotatable bonds is 4. The molecule has 8 rings (SSSR count). The molecule has 3 saturated heterocycles. The zero-order valence-corrected chi connectivity index (χ0v) is 23.3.